The Hall–Kier alpha value is -2.14. The van der Waals surface area contributed by atoms with Crippen LogP contribution >= 0.6 is 0 Å². The average molecular weight is 269 g/mol. The molecule has 102 valence electrons. The summed E-state index contributed by atoms with van der Waals surface area (Å²) in [4.78, 5) is 4.50. The molecule has 3 heterocycles. The Balaban J connectivity index is 1.74. The van der Waals surface area contributed by atoms with Crippen molar-refractivity contribution in [2.75, 3.05) is 6.54 Å². The van der Waals surface area contributed by atoms with Gasteiger partial charge in [0.05, 0.1) is 5.54 Å². The number of rotatable bonds is 2. The van der Waals surface area contributed by atoms with Gasteiger partial charge in [-0.3, -0.25) is 0 Å². The van der Waals surface area contributed by atoms with Crippen LogP contribution in [0.15, 0.2) is 39.3 Å². The Bertz CT molecular complexity index is 720. The monoisotopic (exact) mass is 269 g/mol. The van der Waals surface area contributed by atoms with Gasteiger partial charge in [0.25, 0.3) is 0 Å². The molecule has 5 nitrogen and oxygen atoms in total. The highest BCUT2D eigenvalue weighted by atomic mass is 16.5. The maximum atomic E-state index is 5.76. The zero-order valence-corrected chi connectivity index (χ0v) is 11.2. The molecule has 1 aromatic carbocycles. The van der Waals surface area contributed by atoms with Crippen LogP contribution in [0.5, 0.6) is 0 Å². The normalized spacial score (nSPS) is 22.6. The van der Waals surface area contributed by atoms with Crippen LogP contribution in [-0.4, -0.2) is 16.7 Å². The maximum Gasteiger partial charge on any atom is 0.247 e. The standard InChI is InChI=1S/C15H15N3O2/c1-15(7-4-8-16-15)14-17-13(18-20-14)12-9-10-5-2-3-6-11(10)19-12/h2-3,5-6,9,16H,4,7-8H2,1H3. The minimum Gasteiger partial charge on any atom is -0.453 e. The Morgan fingerprint density at radius 3 is 3.00 bits per heavy atom. The third-order valence-corrected chi connectivity index (χ3v) is 3.91. The molecule has 0 saturated carbocycles. The molecule has 4 rings (SSSR count). The minimum absolute atomic E-state index is 0.211. The van der Waals surface area contributed by atoms with Crippen molar-refractivity contribution in [3.63, 3.8) is 0 Å². The van der Waals surface area contributed by atoms with Crippen LogP contribution in [-0.2, 0) is 5.54 Å². The lowest BCUT2D eigenvalue weighted by atomic mass is 10.0. The van der Waals surface area contributed by atoms with Crippen LogP contribution in [0.1, 0.15) is 25.7 Å². The number of fused-ring (bicyclic) bond motifs is 1. The van der Waals surface area contributed by atoms with E-state index in [0.29, 0.717) is 17.5 Å². The number of furan rings is 1. The van der Waals surface area contributed by atoms with Crippen molar-refractivity contribution in [2.45, 2.75) is 25.3 Å². The molecule has 1 saturated heterocycles. The summed E-state index contributed by atoms with van der Waals surface area (Å²) in [6, 6.07) is 9.80. The fourth-order valence-corrected chi connectivity index (χ4v) is 2.72. The number of hydrogen-bond donors (Lipinski definition) is 1. The van der Waals surface area contributed by atoms with Gasteiger partial charge in [-0.15, -0.1) is 0 Å². The molecule has 5 heteroatoms. The van der Waals surface area contributed by atoms with E-state index < -0.39 is 0 Å². The average Bonchev–Trinajstić information content (AvgIpc) is 3.17. The van der Waals surface area contributed by atoms with E-state index in [1.54, 1.807) is 0 Å². The first kappa shape index (κ1) is 11.7. The fourth-order valence-electron chi connectivity index (χ4n) is 2.72. The zero-order valence-electron chi connectivity index (χ0n) is 11.2. The lowest BCUT2D eigenvalue weighted by Gasteiger charge is -2.18. The number of nitrogens with one attached hydrogen (secondary N) is 1. The van der Waals surface area contributed by atoms with Crippen LogP contribution in [0.3, 0.4) is 0 Å². The van der Waals surface area contributed by atoms with E-state index in [4.69, 9.17) is 8.94 Å². The summed E-state index contributed by atoms with van der Waals surface area (Å²) in [6.45, 7) is 3.08. The van der Waals surface area contributed by atoms with Gasteiger partial charge in [0, 0.05) is 5.39 Å². The van der Waals surface area contributed by atoms with Gasteiger partial charge < -0.3 is 14.3 Å². The van der Waals surface area contributed by atoms with Gasteiger partial charge >= 0.3 is 0 Å². The second-order valence-corrected chi connectivity index (χ2v) is 5.43. The van der Waals surface area contributed by atoms with E-state index in [2.05, 4.69) is 22.4 Å². The van der Waals surface area contributed by atoms with Crippen LogP contribution in [0.25, 0.3) is 22.6 Å². The SMILES string of the molecule is CC1(c2nc(-c3cc4ccccc4o3)no2)CCCN1. The second kappa shape index (κ2) is 4.18. The highest BCUT2D eigenvalue weighted by Gasteiger charge is 2.36. The molecular formula is C15H15N3O2. The van der Waals surface area contributed by atoms with Gasteiger partial charge in [-0.1, -0.05) is 23.4 Å². The molecule has 2 aromatic heterocycles. The first-order chi connectivity index (χ1) is 9.74. The molecule has 0 aliphatic carbocycles. The summed E-state index contributed by atoms with van der Waals surface area (Å²) >= 11 is 0. The van der Waals surface area contributed by atoms with Crippen molar-refractivity contribution < 1.29 is 8.94 Å². The van der Waals surface area contributed by atoms with Gasteiger partial charge in [0.1, 0.15) is 5.58 Å². The molecule has 1 fully saturated rings. The van der Waals surface area contributed by atoms with Gasteiger partial charge in [-0.25, -0.2) is 0 Å². The van der Waals surface area contributed by atoms with E-state index in [1.165, 1.54) is 0 Å². The van der Waals surface area contributed by atoms with E-state index in [9.17, 15) is 0 Å². The summed E-state index contributed by atoms with van der Waals surface area (Å²) < 4.78 is 11.2. The van der Waals surface area contributed by atoms with E-state index >= 15 is 0 Å². The number of benzene rings is 1. The van der Waals surface area contributed by atoms with E-state index in [-0.39, 0.29) is 5.54 Å². The molecule has 1 aliphatic heterocycles. The maximum absolute atomic E-state index is 5.76. The third-order valence-electron chi connectivity index (χ3n) is 3.91. The topological polar surface area (TPSA) is 64.1 Å². The van der Waals surface area contributed by atoms with Crippen LogP contribution in [0.4, 0.5) is 0 Å². The Morgan fingerprint density at radius 2 is 2.20 bits per heavy atom. The highest BCUT2D eigenvalue weighted by Crippen LogP contribution is 2.31. The van der Waals surface area contributed by atoms with E-state index in [1.807, 2.05) is 30.3 Å². The van der Waals surface area contributed by atoms with Crippen LogP contribution < -0.4 is 5.32 Å². The third kappa shape index (κ3) is 1.74. The number of nitrogens with zero attached hydrogens (tertiary/aromatic N) is 2. The quantitative estimate of drug-likeness (QED) is 0.774. The minimum atomic E-state index is -0.211. The number of para-hydroxylation sites is 1. The van der Waals surface area contributed by atoms with Crippen LogP contribution in [0.2, 0.25) is 0 Å². The molecule has 1 atom stereocenters. The number of hydrogen-bond acceptors (Lipinski definition) is 5. The van der Waals surface area contributed by atoms with Crippen molar-refractivity contribution in [1.29, 1.82) is 0 Å². The van der Waals surface area contributed by atoms with Crippen molar-refractivity contribution >= 4 is 11.0 Å². The summed E-state index contributed by atoms with van der Waals surface area (Å²) in [5.74, 6) is 1.78. The van der Waals surface area contributed by atoms with Crippen molar-refractivity contribution in [1.82, 2.24) is 15.5 Å². The lowest BCUT2D eigenvalue weighted by molar-refractivity contribution is 0.275. The summed E-state index contributed by atoms with van der Waals surface area (Å²) in [5, 5.41) is 8.51. The molecule has 1 aliphatic rings. The molecule has 0 bridgehead atoms. The predicted molar refractivity (Wildman–Crippen MR) is 74.1 cm³/mol. The number of aromatic nitrogens is 2. The van der Waals surface area contributed by atoms with Gasteiger partial charge in [-0.05, 0) is 38.4 Å². The highest BCUT2D eigenvalue weighted by molar-refractivity contribution is 5.81. The first-order valence-electron chi connectivity index (χ1n) is 6.83. The van der Waals surface area contributed by atoms with Crippen molar-refractivity contribution in [3.8, 4) is 11.6 Å². The molecule has 3 aromatic rings. The second-order valence-electron chi connectivity index (χ2n) is 5.43. The molecule has 20 heavy (non-hydrogen) atoms. The fraction of sp³-hybridized carbons (Fsp3) is 0.333. The summed E-state index contributed by atoms with van der Waals surface area (Å²) in [5.41, 5.74) is 0.621. The molecule has 1 N–H and O–H groups in total. The van der Waals surface area contributed by atoms with Gasteiger partial charge in [0.15, 0.2) is 5.76 Å². The molecule has 1 unspecified atom stereocenters. The molecule has 0 spiro atoms. The first-order valence-corrected chi connectivity index (χ1v) is 6.83. The lowest BCUT2D eigenvalue weighted by Crippen LogP contribution is -2.33. The zero-order chi connectivity index (χ0) is 13.6. The molecular weight excluding hydrogens is 254 g/mol. The molecule has 0 radical (unpaired) electrons. The summed E-state index contributed by atoms with van der Waals surface area (Å²) in [6.07, 6.45) is 2.13. The summed E-state index contributed by atoms with van der Waals surface area (Å²) in [7, 11) is 0. The predicted octanol–water partition coefficient (Wildman–Crippen LogP) is 3.08. The molecule has 0 amide bonds. The van der Waals surface area contributed by atoms with Crippen LogP contribution in [0, 0.1) is 0 Å². The Kier molecular flexibility index (Phi) is 2.44. The van der Waals surface area contributed by atoms with Crippen molar-refractivity contribution in [3.05, 3.63) is 36.2 Å². The van der Waals surface area contributed by atoms with E-state index in [0.717, 1.165) is 30.4 Å². The van der Waals surface area contributed by atoms with Gasteiger partial charge in [-0.2, -0.15) is 4.98 Å². The van der Waals surface area contributed by atoms with Crippen molar-refractivity contribution in [2.24, 2.45) is 0 Å². The smallest absolute Gasteiger partial charge is 0.247 e. The van der Waals surface area contributed by atoms with Gasteiger partial charge in [0.2, 0.25) is 11.7 Å². The largest absolute Gasteiger partial charge is 0.453 e. The Morgan fingerprint density at radius 1 is 1.30 bits per heavy atom. The Labute approximate surface area is 116 Å².